The fourth-order valence-electron chi connectivity index (χ4n) is 1.71. The number of pyridine rings is 1. The lowest BCUT2D eigenvalue weighted by molar-refractivity contribution is -0.120. The summed E-state index contributed by atoms with van der Waals surface area (Å²) in [5.74, 6) is -1.27. The van der Waals surface area contributed by atoms with Gasteiger partial charge in [0, 0.05) is 17.4 Å². The van der Waals surface area contributed by atoms with E-state index in [1.54, 1.807) is 31.2 Å². The summed E-state index contributed by atoms with van der Waals surface area (Å²) in [6.07, 6.45) is 2.63. The van der Waals surface area contributed by atoms with Crippen molar-refractivity contribution in [2.24, 2.45) is 0 Å². The maximum Gasteiger partial charge on any atom is 0.265 e. The summed E-state index contributed by atoms with van der Waals surface area (Å²) in [6.45, 7) is 1.61. The van der Waals surface area contributed by atoms with E-state index >= 15 is 0 Å². The van der Waals surface area contributed by atoms with Gasteiger partial charge in [-0.2, -0.15) is 0 Å². The predicted octanol–water partition coefficient (Wildman–Crippen LogP) is 2.34. The number of carbonyl (C=O) groups is 1. The van der Waals surface area contributed by atoms with E-state index in [0.717, 1.165) is 0 Å². The molecule has 1 aromatic carbocycles. The molecule has 2 rings (SSSR count). The molecule has 0 aliphatic rings. The Morgan fingerprint density at radius 3 is 2.67 bits per heavy atom. The van der Waals surface area contributed by atoms with Gasteiger partial charge in [0.1, 0.15) is 4.90 Å². The third kappa shape index (κ3) is 3.80. The van der Waals surface area contributed by atoms with E-state index in [-0.39, 0.29) is 4.90 Å². The first-order valence-corrected chi connectivity index (χ1v) is 7.98. The zero-order valence-electron chi connectivity index (χ0n) is 11.2. The summed E-state index contributed by atoms with van der Waals surface area (Å²) in [6, 6.07) is 9.58. The molecule has 0 fully saturated rings. The van der Waals surface area contributed by atoms with Crippen LogP contribution in [-0.4, -0.2) is 19.3 Å². The van der Waals surface area contributed by atoms with Gasteiger partial charge in [-0.25, -0.2) is 13.1 Å². The Labute approximate surface area is 128 Å². The number of hydrogen-bond donors (Lipinski definition) is 1. The molecule has 5 nitrogen and oxygen atoms in total. The van der Waals surface area contributed by atoms with Gasteiger partial charge in [0.15, 0.2) is 0 Å². The van der Waals surface area contributed by atoms with E-state index in [9.17, 15) is 13.2 Å². The van der Waals surface area contributed by atoms with Gasteiger partial charge < -0.3 is 0 Å². The van der Waals surface area contributed by atoms with Gasteiger partial charge in [0.25, 0.3) is 10.0 Å². The van der Waals surface area contributed by atoms with Crippen LogP contribution in [0.4, 0.5) is 0 Å². The van der Waals surface area contributed by atoms with Gasteiger partial charge in [0.2, 0.25) is 5.91 Å². The van der Waals surface area contributed by atoms with E-state index in [2.05, 4.69) is 4.98 Å². The highest BCUT2D eigenvalue weighted by Crippen LogP contribution is 2.20. The summed E-state index contributed by atoms with van der Waals surface area (Å²) >= 11 is 5.86. The molecule has 0 aliphatic carbocycles. The van der Waals surface area contributed by atoms with E-state index in [0.29, 0.717) is 10.6 Å². The smallest absolute Gasteiger partial charge is 0.265 e. The lowest BCUT2D eigenvalue weighted by atomic mass is 10.0. The number of aromatic nitrogens is 1. The second-order valence-electron chi connectivity index (χ2n) is 4.44. The van der Waals surface area contributed by atoms with Gasteiger partial charge in [-0.3, -0.25) is 9.78 Å². The highest BCUT2D eigenvalue weighted by Gasteiger charge is 2.22. The van der Waals surface area contributed by atoms with Crippen LogP contribution in [-0.2, 0) is 14.8 Å². The fraction of sp³-hybridized carbons (Fsp3) is 0.143. The molecule has 1 amide bonds. The van der Waals surface area contributed by atoms with Crippen LogP contribution in [0.25, 0.3) is 0 Å². The third-order valence-electron chi connectivity index (χ3n) is 2.92. The molecule has 1 aromatic heterocycles. The van der Waals surface area contributed by atoms with Crippen LogP contribution < -0.4 is 4.72 Å². The lowest BCUT2D eigenvalue weighted by Crippen LogP contribution is -2.33. The average molecular weight is 325 g/mol. The van der Waals surface area contributed by atoms with Crippen molar-refractivity contribution in [3.05, 3.63) is 59.4 Å². The molecule has 7 heteroatoms. The number of carbonyl (C=O) groups excluding carboxylic acids is 1. The largest absolute Gasteiger partial charge is 0.273 e. The zero-order chi connectivity index (χ0) is 15.5. The lowest BCUT2D eigenvalue weighted by Gasteiger charge is -2.13. The van der Waals surface area contributed by atoms with Gasteiger partial charge >= 0.3 is 0 Å². The number of amides is 1. The van der Waals surface area contributed by atoms with Crippen LogP contribution in [0.1, 0.15) is 18.4 Å². The molecule has 0 bridgehead atoms. The van der Waals surface area contributed by atoms with E-state index in [4.69, 9.17) is 11.6 Å². The first kappa shape index (κ1) is 15.5. The minimum Gasteiger partial charge on any atom is -0.273 e. The summed E-state index contributed by atoms with van der Waals surface area (Å²) in [5, 5.41) is 0.488. The van der Waals surface area contributed by atoms with E-state index < -0.39 is 21.8 Å². The van der Waals surface area contributed by atoms with Crippen LogP contribution in [0.5, 0.6) is 0 Å². The molecule has 0 radical (unpaired) electrons. The summed E-state index contributed by atoms with van der Waals surface area (Å²) in [5.41, 5.74) is 0.640. The summed E-state index contributed by atoms with van der Waals surface area (Å²) < 4.78 is 26.1. The molecule has 1 N–H and O–H groups in total. The van der Waals surface area contributed by atoms with Crippen LogP contribution in [0.3, 0.4) is 0 Å². The predicted molar refractivity (Wildman–Crippen MR) is 79.4 cm³/mol. The summed E-state index contributed by atoms with van der Waals surface area (Å²) in [7, 11) is -3.92. The molecule has 0 aliphatic heterocycles. The molecule has 0 saturated heterocycles. The van der Waals surface area contributed by atoms with Crippen molar-refractivity contribution in [3.63, 3.8) is 0 Å². The maximum atomic E-state index is 12.1. The van der Waals surface area contributed by atoms with Gasteiger partial charge in [-0.15, -0.1) is 0 Å². The van der Waals surface area contributed by atoms with Crippen LogP contribution in [0.15, 0.2) is 53.7 Å². The van der Waals surface area contributed by atoms with Crippen molar-refractivity contribution >= 4 is 27.5 Å². The van der Waals surface area contributed by atoms with Crippen molar-refractivity contribution in [2.45, 2.75) is 17.7 Å². The maximum absolute atomic E-state index is 12.1. The van der Waals surface area contributed by atoms with Crippen LogP contribution in [0, 0.1) is 0 Å². The van der Waals surface area contributed by atoms with Crippen LogP contribution >= 0.6 is 11.6 Å². The van der Waals surface area contributed by atoms with Crippen molar-refractivity contribution in [1.29, 1.82) is 0 Å². The minimum absolute atomic E-state index is 0.0587. The second kappa shape index (κ2) is 6.24. The standard InChI is InChI=1S/C14H13ClN2O3S/c1-10(11-4-2-5-12(15)8-11)14(18)17-21(19,20)13-6-3-7-16-9-13/h2-10H,1H3,(H,17,18)/t10-/m0/s1. The van der Waals surface area contributed by atoms with Crippen molar-refractivity contribution < 1.29 is 13.2 Å². The normalized spacial score (nSPS) is 12.7. The van der Waals surface area contributed by atoms with Crippen molar-refractivity contribution in [3.8, 4) is 0 Å². The first-order valence-electron chi connectivity index (χ1n) is 6.12. The Bertz CT molecular complexity index is 748. The molecule has 0 saturated carbocycles. The topological polar surface area (TPSA) is 76.1 Å². The minimum atomic E-state index is -3.92. The molecule has 0 unspecified atom stereocenters. The number of benzene rings is 1. The fourth-order valence-corrected chi connectivity index (χ4v) is 2.93. The SMILES string of the molecule is C[C@H](C(=O)NS(=O)(=O)c1cccnc1)c1cccc(Cl)c1. The number of hydrogen-bond acceptors (Lipinski definition) is 4. The quantitative estimate of drug-likeness (QED) is 0.936. The number of halogens is 1. The number of sulfonamides is 1. The zero-order valence-corrected chi connectivity index (χ0v) is 12.7. The van der Waals surface area contributed by atoms with Gasteiger partial charge in [0.05, 0.1) is 5.92 Å². The Morgan fingerprint density at radius 2 is 2.05 bits per heavy atom. The third-order valence-corrected chi connectivity index (χ3v) is 4.49. The van der Waals surface area contributed by atoms with Crippen LogP contribution in [0.2, 0.25) is 5.02 Å². The Morgan fingerprint density at radius 1 is 1.29 bits per heavy atom. The molecule has 0 spiro atoms. The first-order chi connectivity index (χ1) is 9.90. The highest BCUT2D eigenvalue weighted by atomic mass is 35.5. The second-order valence-corrected chi connectivity index (χ2v) is 6.55. The monoisotopic (exact) mass is 324 g/mol. The Hall–Kier alpha value is -1.92. The summed E-state index contributed by atoms with van der Waals surface area (Å²) in [4.78, 5) is 15.8. The molecular weight excluding hydrogens is 312 g/mol. The Kier molecular flexibility index (Phi) is 4.59. The number of rotatable bonds is 4. The molecule has 21 heavy (non-hydrogen) atoms. The molecule has 1 atom stereocenters. The van der Waals surface area contributed by atoms with E-state index in [1.807, 2.05) is 4.72 Å². The number of nitrogens with zero attached hydrogens (tertiary/aromatic N) is 1. The van der Waals surface area contributed by atoms with Gasteiger partial charge in [-0.1, -0.05) is 23.7 Å². The van der Waals surface area contributed by atoms with Crippen molar-refractivity contribution in [1.82, 2.24) is 9.71 Å². The van der Waals surface area contributed by atoms with Crippen molar-refractivity contribution in [2.75, 3.05) is 0 Å². The molecule has 110 valence electrons. The van der Waals surface area contributed by atoms with E-state index in [1.165, 1.54) is 24.5 Å². The number of nitrogens with one attached hydrogen (secondary N) is 1. The molecular formula is C14H13ClN2O3S. The highest BCUT2D eigenvalue weighted by molar-refractivity contribution is 7.90. The molecule has 1 heterocycles. The Balaban J connectivity index is 2.18. The van der Waals surface area contributed by atoms with Gasteiger partial charge in [-0.05, 0) is 36.8 Å². The average Bonchev–Trinajstić information content (AvgIpc) is 2.47. The molecule has 2 aromatic rings.